The van der Waals surface area contributed by atoms with E-state index in [4.69, 9.17) is 10.5 Å². The molecule has 2 atom stereocenters. The fraction of sp³-hybridized carbons (Fsp3) is 0.400. The molecule has 4 nitrogen and oxygen atoms in total. The Hall–Kier alpha value is -0.910. The predicted molar refractivity (Wildman–Crippen MR) is 62.2 cm³/mol. The second kappa shape index (κ2) is 5.25. The fourth-order valence-corrected chi connectivity index (χ4v) is 1.46. The second-order valence-corrected chi connectivity index (χ2v) is 3.60. The number of aliphatic hydroxyl groups is 2. The molecular weight excluding hydrogens is 214 g/mol. The molecule has 0 bridgehead atoms. The van der Waals surface area contributed by atoms with Crippen molar-refractivity contribution in [1.82, 2.24) is 0 Å². The fourth-order valence-electron chi connectivity index (χ4n) is 1.26. The Balaban J connectivity index is 2.97. The summed E-state index contributed by atoms with van der Waals surface area (Å²) in [6.45, 7) is 0. The average molecular weight is 229 g/mol. The van der Waals surface area contributed by atoms with Crippen LogP contribution >= 0.6 is 12.6 Å². The maximum atomic E-state index is 9.72. The smallest absolute Gasteiger partial charge is 0.121 e. The second-order valence-electron chi connectivity index (χ2n) is 3.23. The first-order valence-electron chi connectivity index (χ1n) is 4.50. The first-order valence-corrected chi connectivity index (χ1v) is 5.13. The van der Waals surface area contributed by atoms with Gasteiger partial charge in [-0.25, -0.2) is 0 Å². The Morgan fingerprint density at radius 2 is 2.07 bits per heavy atom. The number of hydrogen-bond donors (Lipinski definition) is 4. The van der Waals surface area contributed by atoms with Crippen molar-refractivity contribution in [3.63, 3.8) is 0 Å². The van der Waals surface area contributed by atoms with Crippen LogP contribution in [-0.2, 0) is 0 Å². The minimum Gasteiger partial charge on any atom is -0.497 e. The molecule has 0 fully saturated rings. The van der Waals surface area contributed by atoms with Gasteiger partial charge in [-0.2, -0.15) is 12.6 Å². The van der Waals surface area contributed by atoms with Crippen molar-refractivity contribution in [2.75, 3.05) is 18.6 Å². The molecule has 1 aromatic rings. The number of nitrogen functional groups attached to an aromatic ring is 1. The molecule has 0 heterocycles. The van der Waals surface area contributed by atoms with E-state index < -0.39 is 12.2 Å². The summed E-state index contributed by atoms with van der Waals surface area (Å²) in [5.41, 5.74) is 6.63. The van der Waals surface area contributed by atoms with Gasteiger partial charge in [-0.1, -0.05) is 0 Å². The van der Waals surface area contributed by atoms with Gasteiger partial charge in [0.15, 0.2) is 0 Å². The number of benzene rings is 1. The standard InChI is InChI=1S/C10H15NO3S/c1-14-8-3-6(2-7(11)4-8)10(13)9(12)5-15/h2-4,9-10,12-13,15H,5,11H2,1H3. The van der Waals surface area contributed by atoms with Crippen LogP contribution in [0.25, 0.3) is 0 Å². The highest BCUT2D eigenvalue weighted by molar-refractivity contribution is 7.80. The third-order valence-corrected chi connectivity index (χ3v) is 2.45. The van der Waals surface area contributed by atoms with Crippen molar-refractivity contribution in [3.05, 3.63) is 23.8 Å². The monoisotopic (exact) mass is 229 g/mol. The molecule has 0 saturated carbocycles. The number of methoxy groups -OCH3 is 1. The number of aliphatic hydroxyl groups excluding tert-OH is 2. The third kappa shape index (κ3) is 3.02. The Kier molecular flexibility index (Phi) is 4.26. The minimum absolute atomic E-state index is 0.179. The summed E-state index contributed by atoms with van der Waals surface area (Å²) in [7, 11) is 1.51. The molecule has 5 heteroatoms. The lowest BCUT2D eigenvalue weighted by molar-refractivity contribution is 0.0337. The summed E-state index contributed by atoms with van der Waals surface area (Å²) in [6, 6.07) is 4.87. The number of thiol groups is 1. The van der Waals surface area contributed by atoms with Gasteiger partial charge in [0.05, 0.1) is 13.2 Å². The van der Waals surface area contributed by atoms with Crippen molar-refractivity contribution in [2.24, 2.45) is 0 Å². The number of hydrogen-bond acceptors (Lipinski definition) is 5. The molecule has 15 heavy (non-hydrogen) atoms. The van der Waals surface area contributed by atoms with Crippen LogP contribution in [0.4, 0.5) is 5.69 Å². The SMILES string of the molecule is COc1cc(N)cc(C(O)C(O)CS)c1. The molecule has 4 N–H and O–H groups in total. The summed E-state index contributed by atoms with van der Waals surface area (Å²) >= 11 is 3.91. The van der Waals surface area contributed by atoms with E-state index in [1.54, 1.807) is 18.2 Å². The van der Waals surface area contributed by atoms with Crippen LogP contribution in [-0.4, -0.2) is 29.2 Å². The molecule has 0 spiro atoms. The highest BCUT2D eigenvalue weighted by Crippen LogP contribution is 2.25. The topological polar surface area (TPSA) is 75.7 Å². The first kappa shape index (κ1) is 12.2. The Bertz CT molecular complexity index is 332. The summed E-state index contributed by atoms with van der Waals surface area (Å²) < 4.78 is 5.01. The third-order valence-electron chi connectivity index (χ3n) is 2.08. The lowest BCUT2D eigenvalue weighted by Crippen LogP contribution is -2.19. The van der Waals surface area contributed by atoms with Gasteiger partial charge in [-0.15, -0.1) is 0 Å². The number of ether oxygens (including phenoxy) is 1. The van der Waals surface area contributed by atoms with Gasteiger partial charge in [-0.3, -0.25) is 0 Å². The number of nitrogens with two attached hydrogens (primary N) is 1. The van der Waals surface area contributed by atoms with Crippen LogP contribution in [0.15, 0.2) is 18.2 Å². The van der Waals surface area contributed by atoms with Crippen LogP contribution in [0.1, 0.15) is 11.7 Å². The van der Waals surface area contributed by atoms with Crippen LogP contribution in [0.2, 0.25) is 0 Å². The molecule has 0 aromatic heterocycles. The van der Waals surface area contributed by atoms with Gasteiger partial charge in [0.1, 0.15) is 11.9 Å². The van der Waals surface area contributed by atoms with Crippen molar-refractivity contribution < 1.29 is 14.9 Å². The summed E-state index contributed by atoms with van der Waals surface area (Å²) in [5.74, 6) is 0.730. The molecule has 0 aliphatic carbocycles. The molecule has 1 rings (SSSR count). The van der Waals surface area contributed by atoms with Gasteiger partial charge >= 0.3 is 0 Å². The van der Waals surface area contributed by atoms with Gasteiger partial charge < -0.3 is 20.7 Å². The van der Waals surface area contributed by atoms with Crippen molar-refractivity contribution in [1.29, 1.82) is 0 Å². The summed E-state index contributed by atoms with van der Waals surface area (Å²) in [4.78, 5) is 0. The molecule has 0 aliphatic heterocycles. The maximum absolute atomic E-state index is 9.72. The highest BCUT2D eigenvalue weighted by atomic mass is 32.1. The zero-order valence-electron chi connectivity index (χ0n) is 8.42. The molecule has 0 saturated heterocycles. The molecule has 0 aliphatic rings. The Morgan fingerprint density at radius 3 is 2.60 bits per heavy atom. The Morgan fingerprint density at radius 1 is 1.40 bits per heavy atom. The van der Waals surface area contributed by atoms with Gasteiger partial charge in [0, 0.05) is 17.5 Å². The highest BCUT2D eigenvalue weighted by Gasteiger charge is 2.17. The van der Waals surface area contributed by atoms with Crippen molar-refractivity contribution in [3.8, 4) is 5.75 Å². The van der Waals surface area contributed by atoms with E-state index in [9.17, 15) is 10.2 Å². The lowest BCUT2D eigenvalue weighted by atomic mass is 10.0. The van der Waals surface area contributed by atoms with Crippen LogP contribution in [0, 0.1) is 0 Å². The summed E-state index contributed by atoms with van der Waals surface area (Å²) in [6.07, 6.45) is -1.92. The molecular formula is C10H15NO3S. The van der Waals surface area contributed by atoms with E-state index in [0.717, 1.165) is 0 Å². The molecule has 84 valence electrons. The minimum atomic E-state index is -1.00. The number of rotatable bonds is 4. The molecule has 0 radical (unpaired) electrons. The van der Waals surface area contributed by atoms with E-state index in [1.165, 1.54) is 7.11 Å². The van der Waals surface area contributed by atoms with Crippen molar-refractivity contribution in [2.45, 2.75) is 12.2 Å². The van der Waals surface area contributed by atoms with Gasteiger partial charge in [0.2, 0.25) is 0 Å². The van der Waals surface area contributed by atoms with E-state index >= 15 is 0 Å². The van der Waals surface area contributed by atoms with E-state index in [-0.39, 0.29) is 5.75 Å². The largest absolute Gasteiger partial charge is 0.497 e. The normalized spacial score (nSPS) is 14.7. The zero-order chi connectivity index (χ0) is 11.4. The average Bonchev–Trinajstić information content (AvgIpc) is 2.26. The van der Waals surface area contributed by atoms with Crippen LogP contribution in [0.5, 0.6) is 5.75 Å². The predicted octanol–water partition coefficient (Wildman–Crippen LogP) is 0.602. The van der Waals surface area contributed by atoms with Gasteiger partial charge in [0.25, 0.3) is 0 Å². The van der Waals surface area contributed by atoms with E-state index in [0.29, 0.717) is 17.0 Å². The number of anilines is 1. The van der Waals surface area contributed by atoms with E-state index in [2.05, 4.69) is 12.6 Å². The quantitative estimate of drug-likeness (QED) is 0.450. The zero-order valence-corrected chi connectivity index (χ0v) is 9.32. The van der Waals surface area contributed by atoms with Crippen LogP contribution < -0.4 is 10.5 Å². The lowest BCUT2D eigenvalue weighted by Gasteiger charge is -2.17. The molecule has 1 aromatic carbocycles. The van der Waals surface area contributed by atoms with Gasteiger partial charge in [-0.05, 0) is 17.7 Å². The van der Waals surface area contributed by atoms with Crippen LogP contribution in [0.3, 0.4) is 0 Å². The van der Waals surface area contributed by atoms with E-state index in [1.807, 2.05) is 0 Å². The molecule has 0 amide bonds. The van der Waals surface area contributed by atoms with Crippen molar-refractivity contribution >= 4 is 18.3 Å². The molecule has 2 unspecified atom stereocenters. The summed E-state index contributed by atoms with van der Waals surface area (Å²) in [5, 5.41) is 19.1. The first-order chi connectivity index (χ1) is 7.08. The Labute approximate surface area is 94.1 Å². The maximum Gasteiger partial charge on any atom is 0.121 e.